The molecule has 1 aliphatic rings. The topological polar surface area (TPSA) is 52.9 Å². The van der Waals surface area contributed by atoms with Crippen molar-refractivity contribution in [2.45, 2.75) is 32.1 Å². The van der Waals surface area contributed by atoms with Crippen molar-refractivity contribution < 1.29 is 14.9 Å². The van der Waals surface area contributed by atoms with Crippen molar-refractivity contribution in [3.05, 3.63) is 42.0 Å². The summed E-state index contributed by atoms with van der Waals surface area (Å²) in [6.45, 7) is 4.45. The Morgan fingerprint density at radius 2 is 1.82 bits per heavy atom. The molecule has 1 saturated heterocycles. The Kier molecular flexibility index (Phi) is 4.62. The highest BCUT2D eigenvalue weighted by Gasteiger charge is 2.25. The van der Waals surface area contributed by atoms with Gasteiger partial charge in [0.25, 0.3) is 0 Å². The average Bonchev–Trinajstić information content (AvgIpc) is 2.49. The molecule has 118 valence electrons. The first-order valence-electron chi connectivity index (χ1n) is 7.89. The van der Waals surface area contributed by atoms with E-state index in [1.807, 2.05) is 25.1 Å². The largest absolute Gasteiger partial charge is 0.494 e. The highest BCUT2D eigenvalue weighted by Crippen LogP contribution is 2.30. The second-order valence-corrected chi connectivity index (χ2v) is 5.93. The van der Waals surface area contributed by atoms with E-state index in [4.69, 9.17) is 4.74 Å². The van der Waals surface area contributed by atoms with Gasteiger partial charge in [0.1, 0.15) is 5.75 Å². The lowest BCUT2D eigenvalue weighted by Gasteiger charge is -2.33. The van der Waals surface area contributed by atoms with E-state index >= 15 is 0 Å². The molecule has 2 aromatic rings. The smallest absolute Gasteiger partial charge is 0.124 e. The standard InChI is InChI=1S/C18H23NO3/c1-2-22-18-8-7-13-5-3-4-6-16(13)17(18)12-19-10-14(20)9-15(21)11-19/h3-8,14-15,20-21H,2,9-12H2,1H3/t14-,15-/m1/s1. The van der Waals surface area contributed by atoms with Gasteiger partial charge in [-0.2, -0.15) is 0 Å². The van der Waals surface area contributed by atoms with Crippen molar-refractivity contribution in [2.24, 2.45) is 0 Å². The third kappa shape index (κ3) is 3.24. The number of β-amino-alcohol motifs (C(OH)–C–C–N with tert-alkyl or cyclic N) is 2. The SMILES string of the molecule is CCOc1ccc2ccccc2c1CN1C[C@H](O)C[C@@H](O)C1. The summed E-state index contributed by atoms with van der Waals surface area (Å²) in [6, 6.07) is 12.3. The molecule has 0 aromatic heterocycles. The van der Waals surface area contributed by atoms with Crippen molar-refractivity contribution in [2.75, 3.05) is 19.7 Å². The fourth-order valence-corrected chi connectivity index (χ4v) is 3.26. The lowest BCUT2D eigenvalue weighted by atomic mass is 10.0. The number of nitrogens with zero attached hydrogens (tertiary/aromatic N) is 1. The number of aliphatic hydroxyl groups excluding tert-OH is 2. The van der Waals surface area contributed by atoms with Crippen LogP contribution in [0, 0.1) is 0 Å². The van der Waals surface area contributed by atoms with E-state index in [0.29, 0.717) is 32.7 Å². The molecule has 1 aliphatic heterocycles. The molecule has 2 atom stereocenters. The molecule has 2 aromatic carbocycles. The number of fused-ring (bicyclic) bond motifs is 1. The summed E-state index contributed by atoms with van der Waals surface area (Å²) in [7, 11) is 0. The van der Waals surface area contributed by atoms with Gasteiger partial charge in [-0.05, 0) is 23.8 Å². The van der Waals surface area contributed by atoms with Crippen LogP contribution in [-0.2, 0) is 6.54 Å². The van der Waals surface area contributed by atoms with Crippen LogP contribution in [0.15, 0.2) is 36.4 Å². The van der Waals surface area contributed by atoms with Crippen LogP contribution in [0.4, 0.5) is 0 Å². The second kappa shape index (κ2) is 6.65. The Morgan fingerprint density at radius 1 is 1.09 bits per heavy atom. The summed E-state index contributed by atoms with van der Waals surface area (Å²) in [5.41, 5.74) is 1.13. The van der Waals surface area contributed by atoms with Crippen molar-refractivity contribution in [1.29, 1.82) is 0 Å². The molecule has 0 bridgehead atoms. The first-order chi connectivity index (χ1) is 10.7. The molecule has 3 rings (SSSR count). The Labute approximate surface area is 130 Å². The fourth-order valence-electron chi connectivity index (χ4n) is 3.26. The average molecular weight is 301 g/mol. The van der Waals surface area contributed by atoms with Gasteiger partial charge >= 0.3 is 0 Å². The van der Waals surface area contributed by atoms with Crippen molar-refractivity contribution in [1.82, 2.24) is 4.90 Å². The maximum atomic E-state index is 9.88. The molecular weight excluding hydrogens is 278 g/mol. The van der Waals surface area contributed by atoms with E-state index in [2.05, 4.69) is 23.1 Å². The van der Waals surface area contributed by atoms with E-state index in [1.54, 1.807) is 0 Å². The molecule has 0 amide bonds. The normalized spacial score (nSPS) is 22.9. The number of ether oxygens (including phenoxy) is 1. The zero-order valence-electron chi connectivity index (χ0n) is 12.9. The first-order valence-corrected chi connectivity index (χ1v) is 7.89. The summed E-state index contributed by atoms with van der Waals surface area (Å²) in [5, 5.41) is 22.1. The maximum absolute atomic E-state index is 9.88. The Hall–Kier alpha value is -1.62. The van der Waals surface area contributed by atoms with E-state index in [-0.39, 0.29) is 0 Å². The van der Waals surface area contributed by atoms with Gasteiger partial charge in [-0.15, -0.1) is 0 Å². The van der Waals surface area contributed by atoms with Crippen molar-refractivity contribution >= 4 is 10.8 Å². The van der Waals surface area contributed by atoms with Crippen LogP contribution >= 0.6 is 0 Å². The Bertz CT molecular complexity index is 633. The van der Waals surface area contributed by atoms with E-state index in [0.717, 1.165) is 11.3 Å². The van der Waals surface area contributed by atoms with Gasteiger partial charge in [-0.1, -0.05) is 30.3 Å². The molecule has 0 saturated carbocycles. The second-order valence-electron chi connectivity index (χ2n) is 5.93. The number of rotatable bonds is 4. The van der Waals surface area contributed by atoms with Crippen LogP contribution in [0.25, 0.3) is 10.8 Å². The van der Waals surface area contributed by atoms with Gasteiger partial charge in [0.2, 0.25) is 0 Å². The van der Waals surface area contributed by atoms with Gasteiger partial charge < -0.3 is 14.9 Å². The molecule has 0 spiro atoms. The molecule has 0 unspecified atom stereocenters. The molecule has 4 heteroatoms. The molecule has 22 heavy (non-hydrogen) atoms. The van der Waals surface area contributed by atoms with Crippen molar-refractivity contribution in [3.8, 4) is 5.75 Å². The number of likely N-dealkylation sites (tertiary alicyclic amines) is 1. The van der Waals surface area contributed by atoms with Gasteiger partial charge in [0.05, 0.1) is 18.8 Å². The van der Waals surface area contributed by atoms with Crippen LogP contribution in [0.1, 0.15) is 18.9 Å². The number of piperidine rings is 1. The predicted octanol–water partition coefficient (Wildman–Crippen LogP) is 2.17. The fraction of sp³-hybridized carbons (Fsp3) is 0.444. The number of benzene rings is 2. The van der Waals surface area contributed by atoms with Crippen LogP contribution in [-0.4, -0.2) is 47.0 Å². The predicted molar refractivity (Wildman–Crippen MR) is 87.0 cm³/mol. The zero-order valence-corrected chi connectivity index (χ0v) is 12.9. The van der Waals surface area contributed by atoms with Crippen molar-refractivity contribution in [3.63, 3.8) is 0 Å². The highest BCUT2D eigenvalue weighted by molar-refractivity contribution is 5.87. The van der Waals surface area contributed by atoms with Gasteiger partial charge in [-0.3, -0.25) is 4.90 Å². The van der Waals surface area contributed by atoms with Gasteiger partial charge in [0.15, 0.2) is 0 Å². The van der Waals surface area contributed by atoms with E-state index < -0.39 is 12.2 Å². The lowest BCUT2D eigenvalue weighted by Crippen LogP contribution is -2.45. The van der Waals surface area contributed by atoms with Gasteiger partial charge in [0, 0.05) is 31.6 Å². The molecular formula is C18H23NO3. The van der Waals surface area contributed by atoms with E-state index in [1.165, 1.54) is 10.8 Å². The summed E-state index contributed by atoms with van der Waals surface area (Å²) in [6.07, 6.45) is -0.465. The minimum absolute atomic E-state index is 0.463. The van der Waals surface area contributed by atoms with E-state index in [9.17, 15) is 10.2 Å². The number of hydrogen-bond acceptors (Lipinski definition) is 4. The highest BCUT2D eigenvalue weighted by atomic mass is 16.5. The van der Waals surface area contributed by atoms with Crippen LogP contribution < -0.4 is 4.74 Å². The summed E-state index contributed by atoms with van der Waals surface area (Å²) < 4.78 is 5.79. The summed E-state index contributed by atoms with van der Waals surface area (Å²) in [4.78, 5) is 2.10. The Morgan fingerprint density at radius 3 is 2.55 bits per heavy atom. The molecule has 1 fully saturated rings. The minimum atomic E-state index is -0.464. The third-order valence-corrected chi connectivity index (χ3v) is 4.16. The monoisotopic (exact) mass is 301 g/mol. The maximum Gasteiger partial charge on any atom is 0.124 e. The van der Waals surface area contributed by atoms with Crippen LogP contribution in [0.2, 0.25) is 0 Å². The number of aliphatic hydroxyl groups is 2. The van der Waals surface area contributed by atoms with Crippen LogP contribution in [0.3, 0.4) is 0 Å². The molecule has 0 aliphatic carbocycles. The molecule has 2 N–H and O–H groups in total. The van der Waals surface area contributed by atoms with Gasteiger partial charge in [-0.25, -0.2) is 0 Å². The molecule has 1 heterocycles. The zero-order chi connectivity index (χ0) is 15.5. The first kappa shape index (κ1) is 15.3. The minimum Gasteiger partial charge on any atom is -0.494 e. The summed E-state index contributed by atoms with van der Waals surface area (Å²) >= 11 is 0. The Balaban J connectivity index is 1.95. The third-order valence-electron chi connectivity index (χ3n) is 4.16. The molecule has 0 radical (unpaired) electrons. The quantitative estimate of drug-likeness (QED) is 0.909. The molecule has 4 nitrogen and oxygen atoms in total. The summed E-state index contributed by atoms with van der Waals surface area (Å²) in [5.74, 6) is 0.885. The number of hydrogen-bond donors (Lipinski definition) is 2. The van der Waals surface area contributed by atoms with Crippen LogP contribution in [0.5, 0.6) is 5.75 Å². The lowest BCUT2D eigenvalue weighted by molar-refractivity contribution is -0.0111.